The van der Waals surface area contributed by atoms with Gasteiger partial charge in [-0.1, -0.05) is 152 Å². The van der Waals surface area contributed by atoms with E-state index in [1.165, 1.54) is 76.8 Å². The third kappa shape index (κ3) is 4.33. The van der Waals surface area contributed by atoms with Crippen LogP contribution in [0.3, 0.4) is 0 Å². The first-order chi connectivity index (χ1) is 25.3. The maximum Gasteiger partial charge on any atom is 0.495 e. The van der Waals surface area contributed by atoms with Crippen LogP contribution >= 0.6 is 0 Å². The Morgan fingerprint density at radius 3 is 1.62 bits per heavy atom. The third-order valence-electron chi connectivity index (χ3n) is 12.2. The summed E-state index contributed by atoms with van der Waals surface area (Å²) >= 11 is 0. The van der Waals surface area contributed by atoms with Crippen LogP contribution in [0.15, 0.2) is 164 Å². The van der Waals surface area contributed by atoms with E-state index in [1.54, 1.807) is 0 Å². The molecular weight excluding hydrogens is 631 g/mol. The molecule has 8 aromatic carbocycles. The Labute approximate surface area is 305 Å². The molecule has 8 aromatic rings. The predicted octanol–water partition coefficient (Wildman–Crippen LogP) is 11.5. The van der Waals surface area contributed by atoms with E-state index in [4.69, 9.17) is 9.31 Å². The van der Waals surface area contributed by atoms with Gasteiger partial charge in [-0.15, -0.1) is 0 Å². The van der Waals surface area contributed by atoms with Gasteiger partial charge in [0.25, 0.3) is 0 Å². The van der Waals surface area contributed by atoms with Crippen molar-refractivity contribution in [1.29, 1.82) is 0 Å². The molecule has 1 aliphatic carbocycles. The molecule has 250 valence electrons. The molecule has 1 fully saturated rings. The summed E-state index contributed by atoms with van der Waals surface area (Å²) in [4.78, 5) is 0. The first kappa shape index (κ1) is 31.3. The summed E-state index contributed by atoms with van der Waals surface area (Å²) in [6.07, 6.45) is 0. The van der Waals surface area contributed by atoms with Crippen LogP contribution in [0.4, 0.5) is 0 Å². The number of hydrogen-bond donors (Lipinski definition) is 0. The molecule has 0 spiro atoms. The van der Waals surface area contributed by atoms with E-state index in [0.717, 1.165) is 5.46 Å². The summed E-state index contributed by atoms with van der Waals surface area (Å²) in [5.74, 6) is 0. The first-order valence-electron chi connectivity index (χ1n) is 18.4. The fourth-order valence-corrected chi connectivity index (χ4v) is 9.00. The Morgan fingerprint density at radius 1 is 0.404 bits per heavy atom. The van der Waals surface area contributed by atoms with Crippen LogP contribution in [-0.2, 0) is 14.7 Å². The lowest BCUT2D eigenvalue weighted by Gasteiger charge is -2.34. The fraction of sp³-hybridized carbons (Fsp3) is 0.143. The quantitative estimate of drug-likeness (QED) is 0.137. The van der Waals surface area contributed by atoms with Gasteiger partial charge >= 0.3 is 7.12 Å². The zero-order valence-electron chi connectivity index (χ0n) is 30.0. The highest BCUT2D eigenvalue weighted by molar-refractivity contribution is 6.66. The van der Waals surface area contributed by atoms with E-state index in [1.807, 2.05) is 0 Å². The summed E-state index contributed by atoms with van der Waals surface area (Å²) in [6.45, 7) is 8.49. The smallest absolute Gasteiger partial charge is 0.399 e. The van der Waals surface area contributed by atoms with Crippen LogP contribution in [0, 0.1) is 0 Å². The van der Waals surface area contributed by atoms with Crippen molar-refractivity contribution in [3.63, 3.8) is 0 Å². The lowest BCUT2D eigenvalue weighted by Crippen LogP contribution is -2.41. The molecule has 0 atom stereocenters. The summed E-state index contributed by atoms with van der Waals surface area (Å²) < 4.78 is 13.3. The van der Waals surface area contributed by atoms with Gasteiger partial charge in [0.05, 0.1) is 16.6 Å². The molecule has 0 aromatic heterocycles. The van der Waals surface area contributed by atoms with Gasteiger partial charge in [-0.3, -0.25) is 0 Å². The number of benzene rings is 8. The Balaban J connectivity index is 1.22. The SMILES string of the molecule is CC1(C)OB(c2cccc3c4ccccc4c4cc(-c5ccc6c(c5)C(c5ccccc5)(c5ccccc5)c5ccccc5-6)ccc4c23)OC1(C)C. The maximum absolute atomic E-state index is 6.65. The molecule has 1 saturated heterocycles. The van der Waals surface area contributed by atoms with E-state index in [-0.39, 0.29) is 0 Å². The van der Waals surface area contributed by atoms with Crippen LogP contribution in [0.2, 0.25) is 0 Å². The predicted molar refractivity (Wildman–Crippen MR) is 217 cm³/mol. The molecule has 0 saturated carbocycles. The van der Waals surface area contributed by atoms with Crippen molar-refractivity contribution in [2.45, 2.75) is 44.3 Å². The van der Waals surface area contributed by atoms with Crippen LogP contribution in [0.5, 0.6) is 0 Å². The molecule has 52 heavy (non-hydrogen) atoms. The van der Waals surface area contributed by atoms with Gasteiger partial charge in [-0.25, -0.2) is 0 Å². The lowest BCUT2D eigenvalue weighted by atomic mass is 9.67. The molecule has 2 aliphatic rings. The van der Waals surface area contributed by atoms with E-state index < -0.39 is 23.7 Å². The monoisotopic (exact) mass is 670 g/mol. The summed E-state index contributed by atoms with van der Waals surface area (Å²) in [7, 11) is -0.458. The van der Waals surface area contributed by atoms with Gasteiger partial charge in [-0.05, 0) is 122 Å². The van der Waals surface area contributed by atoms with E-state index in [9.17, 15) is 0 Å². The molecule has 0 amide bonds. The molecule has 0 N–H and O–H groups in total. The lowest BCUT2D eigenvalue weighted by molar-refractivity contribution is 0.00578. The molecule has 3 heteroatoms. The average molecular weight is 671 g/mol. The number of rotatable bonds is 4. The van der Waals surface area contributed by atoms with Crippen molar-refractivity contribution in [2.75, 3.05) is 0 Å². The maximum atomic E-state index is 6.65. The highest BCUT2D eigenvalue weighted by Crippen LogP contribution is 2.56. The Hall–Kier alpha value is -5.48. The summed E-state index contributed by atoms with van der Waals surface area (Å²) in [5, 5.41) is 7.32. The second kappa shape index (κ2) is 11.3. The van der Waals surface area contributed by atoms with Crippen molar-refractivity contribution in [3.05, 3.63) is 186 Å². The molecule has 10 rings (SSSR count). The van der Waals surface area contributed by atoms with Gasteiger partial charge < -0.3 is 9.31 Å². The zero-order chi connectivity index (χ0) is 35.2. The number of fused-ring (bicyclic) bond motifs is 9. The second-order valence-electron chi connectivity index (χ2n) is 15.5. The highest BCUT2D eigenvalue weighted by Gasteiger charge is 2.52. The highest BCUT2D eigenvalue weighted by atomic mass is 16.7. The van der Waals surface area contributed by atoms with Crippen molar-refractivity contribution in [3.8, 4) is 22.3 Å². The summed E-state index contributed by atoms with van der Waals surface area (Å²) in [5.41, 5.74) is 9.94. The Bertz CT molecular complexity index is 2640. The summed E-state index contributed by atoms with van der Waals surface area (Å²) in [6, 6.07) is 60.5. The largest absolute Gasteiger partial charge is 0.495 e. The van der Waals surface area contributed by atoms with E-state index in [0.29, 0.717) is 0 Å². The van der Waals surface area contributed by atoms with Crippen LogP contribution in [-0.4, -0.2) is 18.3 Å². The van der Waals surface area contributed by atoms with E-state index in [2.05, 4.69) is 191 Å². The molecule has 0 unspecified atom stereocenters. The minimum absolute atomic E-state index is 0.429. The van der Waals surface area contributed by atoms with Gasteiger partial charge in [-0.2, -0.15) is 0 Å². The molecule has 0 radical (unpaired) electrons. The van der Waals surface area contributed by atoms with Gasteiger partial charge in [0.1, 0.15) is 0 Å². The Kier molecular flexibility index (Phi) is 6.77. The van der Waals surface area contributed by atoms with Gasteiger partial charge in [0.2, 0.25) is 0 Å². The molecule has 2 nitrogen and oxygen atoms in total. The van der Waals surface area contributed by atoms with Crippen LogP contribution in [0.25, 0.3) is 54.6 Å². The zero-order valence-corrected chi connectivity index (χ0v) is 30.0. The van der Waals surface area contributed by atoms with Crippen LogP contribution < -0.4 is 5.46 Å². The van der Waals surface area contributed by atoms with E-state index >= 15 is 0 Å². The number of hydrogen-bond acceptors (Lipinski definition) is 2. The minimum Gasteiger partial charge on any atom is -0.399 e. The van der Waals surface area contributed by atoms with Crippen molar-refractivity contribution >= 4 is 44.9 Å². The topological polar surface area (TPSA) is 18.5 Å². The standard InChI is InChI=1S/C49H39BO2/c1-47(2)48(3,4)52-50(51-47)45-25-15-23-40-36-20-11-12-21-37(36)42-30-32(27-29-41(42)46(40)45)33-26-28-39-38-22-13-14-24-43(38)49(44(39)31-33,34-16-7-5-8-17-34)35-18-9-6-10-19-35/h5-31H,1-4H3. The van der Waals surface area contributed by atoms with Crippen molar-refractivity contribution in [2.24, 2.45) is 0 Å². The molecule has 1 aliphatic heterocycles. The fourth-order valence-electron chi connectivity index (χ4n) is 9.00. The van der Waals surface area contributed by atoms with Crippen LogP contribution in [0.1, 0.15) is 49.9 Å². The molecule has 0 bridgehead atoms. The first-order valence-corrected chi connectivity index (χ1v) is 18.4. The van der Waals surface area contributed by atoms with Gasteiger partial charge in [0, 0.05) is 0 Å². The van der Waals surface area contributed by atoms with Crippen molar-refractivity contribution < 1.29 is 9.31 Å². The van der Waals surface area contributed by atoms with Gasteiger partial charge in [0.15, 0.2) is 0 Å². The normalized spacial score (nSPS) is 16.7. The minimum atomic E-state index is -0.458. The second-order valence-corrected chi connectivity index (χ2v) is 15.5. The van der Waals surface area contributed by atoms with Crippen molar-refractivity contribution in [1.82, 2.24) is 0 Å². The molecule has 1 heterocycles. The average Bonchev–Trinajstić information content (AvgIpc) is 3.60. The molecular formula is C49H39BO2. The third-order valence-corrected chi connectivity index (χ3v) is 12.2. The Morgan fingerprint density at radius 2 is 0.923 bits per heavy atom.